The molecule has 3 aromatic rings. The van der Waals surface area contributed by atoms with Crippen LogP contribution in [0.15, 0.2) is 60.7 Å². The number of ether oxygens (including phenoxy) is 1. The van der Waals surface area contributed by atoms with Crippen molar-refractivity contribution in [2.45, 2.75) is 19.2 Å². The van der Waals surface area contributed by atoms with Crippen molar-refractivity contribution < 1.29 is 9.53 Å². The molecule has 1 atom stereocenters. The Bertz CT molecular complexity index is 1030. The SMILES string of the molecule is CN1CCN(Cc2ccc3c4c(cccc24)C(=O)OC3)C[C@H]1c1ccccc1. The van der Waals surface area contributed by atoms with Gasteiger partial charge in [-0.3, -0.25) is 9.80 Å². The zero-order chi connectivity index (χ0) is 19.1. The van der Waals surface area contributed by atoms with Crippen LogP contribution in [0.1, 0.15) is 33.1 Å². The van der Waals surface area contributed by atoms with Crippen LogP contribution in [-0.4, -0.2) is 42.5 Å². The van der Waals surface area contributed by atoms with Crippen LogP contribution in [-0.2, 0) is 17.9 Å². The fourth-order valence-corrected chi connectivity index (χ4v) is 4.54. The minimum Gasteiger partial charge on any atom is -0.457 e. The molecule has 0 radical (unpaired) electrons. The Kier molecular flexibility index (Phi) is 4.38. The molecule has 0 aromatic heterocycles. The van der Waals surface area contributed by atoms with Crippen molar-refractivity contribution in [2.75, 3.05) is 26.7 Å². The summed E-state index contributed by atoms with van der Waals surface area (Å²) < 4.78 is 5.30. The summed E-state index contributed by atoms with van der Waals surface area (Å²) in [5.74, 6) is -0.209. The van der Waals surface area contributed by atoms with E-state index in [1.165, 1.54) is 16.5 Å². The van der Waals surface area contributed by atoms with Crippen LogP contribution in [0.25, 0.3) is 10.8 Å². The van der Waals surface area contributed by atoms with Crippen LogP contribution in [0.4, 0.5) is 0 Å². The molecule has 5 rings (SSSR count). The third kappa shape index (κ3) is 2.99. The molecule has 0 saturated carbocycles. The second-order valence-corrected chi connectivity index (χ2v) is 7.83. The average Bonchev–Trinajstić information content (AvgIpc) is 2.74. The number of cyclic esters (lactones) is 1. The number of hydrogen-bond donors (Lipinski definition) is 0. The molecule has 0 aliphatic carbocycles. The second kappa shape index (κ2) is 7.04. The highest BCUT2D eigenvalue weighted by Gasteiger charge is 2.27. The largest absolute Gasteiger partial charge is 0.457 e. The zero-order valence-corrected chi connectivity index (χ0v) is 16.1. The number of piperazine rings is 1. The van der Waals surface area contributed by atoms with Crippen molar-refractivity contribution in [2.24, 2.45) is 0 Å². The lowest BCUT2D eigenvalue weighted by atomic mass is 9.93. The van der Waals surface area contributed by atoms with Gasteiger partial charge in [0.1, 0.15) is 6.61 Å². The van der Waals surface area contributed by atoms with Gasteiger partial charge in [-0.15, -0.1) is 0 Å². The van der Waals surface area contributed by atoms with Crippen LogP contribution in [0.5, 0.6) is 0 Å². The van der Waals surface area contributed by atoms with E-state index in [2.05, 4.69) is 65.4 Å². The van der Waals surface area contributed by atoms with Crippen molar-refractivity contribution in [3.63, 3.8) is 0 Å². The van der Waals surface area contributed by atoms with Gasteiger partial charge in [-0.1, -0.05) is 54.6 Å². The van der Waals surface area contributed by atoms with E-state index in [0.717, 1.165) is 37.1 Å². The highest BCUT2D eigenvalue weighted by molar-refractivity contribution is 6.08. The predicted molar refractivity (Wildman–Crippen MR) is 110 cm³/mol. The van der Waals surface area contributed by atoms with Gasteiger partial charge in [0, 0.05) is 37.6 Å². The number of esters is 1. The van der Waals surface area contributed by atoms with E-state index in [4.69, 9.17) is 4.74 Å². The Balaban J connectivity index is 1.45. The van der Waals surface area contributed by atoms with Crippen molar-refractivity contribution in [3.05, 3.63) is 82.9 Å². The number of benzene rings is 3. The predicted octanol–water partition coefficient (Wildman–Crippen LogP) is 4.00. The summed E-state index contributed by atoms with van der Waals surface area (Å²) in [6, 6.07) is 21.5. The Labute approximate surface area is 165 Å². The van der Waals surface area contributed by atoms with Crippen molar-refractivity contribution in [1.82, 2.24) is 9.80 Å². The lowest BCUT2D eigenvalue weighted by Crippen LogP contribution is -2.46. The number of carbonyl (C=O) groups is 1. The Morgan fingerprint density at radius 1 is 1.00 bits per heavy atom. The summed E-state index contributed by atoms with van der Waals surface area (Å²) in [5, 5.41) is 2.26. The van der Waals surface area contributed by atoms with E-state index in [1.54, 1.807) is 0 Å². The molecular formula is C24H24N2O2. The van der Waals surface area contributed by atoms with Crippen molar-refractivity contribution in [3.8, 4) is 0 Å². The van der Waals surface area contributed by atoms with Gasteiger partial charge in [0.15, 0.2) is 0 Å². The fourth-order valence-electron chi connectivity index (χ4n) is 4.54. The molecule has 0 unspecified atom stereocenters. The van der Waals surface area contributed by atoms with E-state index in [-0.39, 0.29) is 5.97 Å². The third-order valence-electron chi connectivity index (χ3n) is 6.11. The fraction of sp³-hybridized carbons (Fsp3) is 0.292. The Morgan fingerprint density at radius 2 is 1.86 bits per heavy atom. The first-order valence-electron chi connectivity index (χ1n) is 9.89. The van der Waals surface area contributed by atoms with Crippen LogP contribution in [0.2, 0.25) is 0 Å². The summed E-state index contributed by atoms with van der Waals surface area (Å²) in [6.45, 7) is 4.37. The average molecular weight is 372 g/mol. The van der Waals surface area contributed by atoms with Crippen molar-refractivity contribution in [1.29, 1.82) is 0 Å². The van der Waals surface area contributed by atoms with Crippen molar-refractivity contribution >= 4 is 16.7 Å². The van der Waals surface area contributed by atoms with Gasteiger partial charge in [-0.25, -0.2) is 4.79 Å². The third-order valence-corrected chi connectivity index (χ3v) is 6.11. The van der Waals surface area contributed by atoms with Crippen LogP contribution >= 0.6 is 0 Å². The summed E-state index contributed by atoms with van der Waals surface area (Å²) in [7, 11) is 2.21. The van der Waals surface area contributed by atoms with Crippen LogP contribution < -0.4 is 0 Å². The Morgan fingerprint density at radius 3 is 2.71 bits per heavy atom. The van der Waals surface area contributed by atoms with E-state index in [1.807, 2.05) is 12.1 Å². The van der Waals surface area contributed by atoms with Gasteiger partial charge >= 0.3 is 5.97 Å². The lowest BCUT2D eigenvalue weighted by molar-refractivity contribution is 0.0463. The highest BCUT2D eigenvalue weighted by atomic mass is 16.5. The first kappa shape index (κ1) is 17.4. The van der Waals surface area contributed by atoms with Gasteiger partial charge in [0.2, 0.25) is 0 Å². The highest BCUT2D eigenvalue weighted by Crippen LogP contribution is 2.32. The van der Waals surface area contributed by atoms with E-state index >= 15 is 0 Å². The molecular weight excluding hydrogens is 348 g/mol. The van der Waals surface area contributed by atoms with Gasteiger partial charge in [0.25, 0.3) is 0 Å². The van der Waals surface area contributed by atoms with E-state index in [9.17, 15) is 4.79 Å². The molecule has 142 valence electrons. The molecule has 0 bridgehead atoms. The summed E-state index contributed by atoms with van der Waals surface area (Å²) >= 11 is 0. The smallest absolute Gasteiger partial charge is 0.339 e. The molecule has 1 saturated heterocycles. The maximum absolute atomic E-state index is 12.2. The van der Waals surface area contributed by atoms with Gasteiger partial charge in [-0.05, 0) is 35.2 Å². The molecule has 0 amide bonds. The minimum absolute atomic E-state index is 0.209. The summed E-state index contributed by atoms with van der Waals surface area (Å²) in [4.78, 5) is 17.1. The molecule has 4 heteroatoms. The number of nitrogens with zero attached hydrogens (tertiary/aromatic N) is 2. The number of likely N-dealkylation sites (N-methyl/N-ethyl adjacent to an activating group) is 1. The molecule has 1 fully saturated rings. The molecule has 0 N–H and O–H groups in total. The van der Waals surface area contributed by atoms with E-state index in [0.29, 0.717) is 18.2 Å². The summed E-state index contributed by atoms with van der Waals surface area (Å²) in [6.07, 6.45) is 0. The molecule has 28 heavy (non-hydrogen) atoms. The van der Waals surface area contributed by atoms with Gasteiger partial charge in [0.05, 0.1) is 5.56 Å². The van der Waals surface area contributed by atoms with Gasteiger partial charge in [-0.2, -0.15) is 0 Å². The number of rotatable bonds is 3. The first-order chi connectivity index (χ1) is 13.7. The quantitative estimate of drug-likeness (QED) is 0.651. The first-order valence-corrected chi connectivity index (χ1v) is 9.89. The Hall–Kier alpha value is -2.69. The van der Waals surface area contributed by atoms with Crippen LogP contribution in [0, 0.1) is 0 Å². The monoisotopic (exact) mass is 372 g/mol. The maximum Gasteiger partial charge on any atom is 0.339 e. The second-order valence-electron chi connectivity index (χ2n) is 7.83. The molecule has 2 aliphatic heterocycles. The molecule has 2 heterocycles. The molecule has 4 nitrogen and oxygen atoms in total. The van der Waals surface area contributed by atoms with Crippen LogP contribution in [0.3, 0.4) is 0 Å². The summed E-state index contributed by atoms with van der Waals surface area (Å²) in [5.41, 5.74) is 4.46. The van der Waals surface area contributed by atoms with E-state index < -0.39 is 0 Å². The zero-order valence-electron chi connectivity index (χ0n) is 16.1. The normalized spacial score (nSPS) is 20.3. The molecule has 0 spiro atoms. The molecule has 2 aliphatic rings. The topological polar surface area (TPSA) is 32.8 Å². The lowest BCUT2D eigenvalue weighted by Gasteiger charge is -2.40. The van der Waals surface area contributed by atoms with Gasteiger partial charge < -0.3 is 4.74 Å². The number of carbonyl (C=O) groups excluding carboxylic acids is 1. The standard InChI is InChI=1S/C24H24N2O2/c1-25-12-13-26(15-22(25)17-6-3-2-4-7-17)14-18-10-11-19-16-28-24(27)21-9-5-8-20(18)23(19)21/h2-11,22H,12-16H2,1H3/t22-/m0/s1. The molecule has 3 aromatic carbocycles. The minimum atomic E-state index is -0.209. The number of hydrogen-bond acceptors (Lipinski definition) is 4. The maximum atomic E-state index is 12.2.